The predicted molar refractivity (Wildman–Crippen MR) is 130 cm³/mol. The average Bonchev–Trinajstić information content (AvgIpc) is 3.11. The quantitative estimate of drug-likeness (QED) is 0.524. The molecule has 2 heterocycles. The minimum atomic E-state index is -0.424. The lowest BCUT2D eigenvalue weighted by atomic mass is 10.1. The van der Waals surface area contributed by atoms with E-state index in [4.69, 9.17) is 25.8 Å². The Balaban J connectivity index is 1.49. The van der Waals surface area contributed by atoms with Crippen LogP contribution in [0.5, 0.6) is 11.5 Å². The zero-order valence-electron chi connectivity index (χ0n) is 18.5. The maximum atomic E-state index is 12.9. The SMILES string of the molecule is CCOc1cc(/C=C2/SC(=O)N(c3cccc(Cl)c3)C2=O)ccc1OCC(=O)N1CCOCC1. The van der Waals surface area contributed by atoms with Gasteiger partial charge in [0.2, 0.25) is 0 Å². The Morgan fingerprint density at radius 3 is 2.65 bits per heavy atom. The highest BCUT2D eigenvalue weighted by Crippen LogP contribution is 2.37. The van der Waals surface area contributed by atoms with E-state index in [1.54, 1.807) is 53.4 Å². The van der Waals surface area contributed by atoms with Crippen LogP contribution in [0.25, 0.3) is 6.08 Å². The summed E-state index contributed by atoms with van der Waals surface area (Å²) in [5.74, 6) is 0.323. The minimum Gasteiger partial charge on any atom is -0.490 e. The molecule has 178 valence electrons. The third-order valence-electron chi connectivity index (χ3n) is 5.14. The lowest BCUT2D eigenvalue weighted by Crippen LogP contribution is -2.43. The molecule has 0 unspecified atom stereocenters. The van der Waals surface area contributed by atoms with Crippen molar-refractivity contribution in [2.45, 2.75) is 6.92 Å². The number of hydrogen-bond acceptors (Lipinski definition) is 7. The molecule has 2 fully saturated rings. The summed E-state index contributed by atoms with van der Waals surface area (Å²) in [6, 6.07) is 11.7. The first-order valence-electron chi connectivity index (χ1n) is 10.7. The highest BCUT2D eigenvalue weighted by Gasteiger charge is 2.36. The number of anilines is 1. The molecule has 0 atom stereocenters. The molecule has 3 amide bonds. The Labute approximate surface area is 206 Å². The number of nitrogens with zero attached hydrogens (tertiary/aromatic N) is 2. The highest BCUT2D eigenvalue weighted by atomic mass is 35.5. The lowest BCUT2D eigenvalue weighted by Gasteiger charge is -2.26. The summed E-state index contributed by atoms with van der Waals surface area (Å²) in [6.07, 6.45) is 1.63. The van der Waals surface area contributed by atoms with E-state index >= 15 is 0 Å². The largest absolute Gasteiger partial charge is 0.490 e. The van der Waals surface area contributed by atoms with Crippen molar-refractivity contribution in [1.29, 1.82) is 0 Å². The summed E-state index contributed by atoms with van der Waals surface area (Å²) in [4.78, 5) is 40.9. The molecule has 34 heavy (non-hydrogen) atoms. The molecule has 0 saturated carbocycles. The number of thioether (sulfide) groups is 1. The van der Waals surface area contributed by atoms with Crippen LogP contribution in [0.2, 0.25) is 5.02 Å². The van der Waals surface area contributed by atoms with Gasteiger partial charge in [0.25, 0.3) is 17.1 Å². The Morgan fingerprint density at radius 1 is 1.12 bits per heavy atom. The van der Waals surface area contributed by atoms with Gasteiger partial charge < -0.3 is 19.1 Å². The number of amides is 3. The van der Waals surface area contributed by atoms with Crippen molar-refractivity contribution in [2.24, 2.45) is 0 Å². The van der Waals surface area contributed by atoms with Crippen LogP contribution in [0.15, 0.2) is 47.4 Å². The van der Waals surface area contributed by atoms with Crippen LogP contribution in [0.3, 0.4) is 0 Å². The molecule has 0 aliphatic carbocycles. The van der Waals surface area contributed by atoms with E-state index in [0.717, 1.165) is 16.7 Å². The number of imide groups is 1. The Morgan fingerprint density at radius 2 is 1.91 bits per heavy atom. The zero-order valence-corrected chi connectivity index (χ0v) is 20.1. The van der Waals surface area contributed by atoms with Crippen LogP contribution >= 0.6 is 23.4 Å². The predicted octanol–water partition coefficient (Wildman–Crippen LogP) is 4.22. The van der Waals surface area contributed by atoms with E-state index in [2.05, 4.69) is 0 Å². The molecule has 0 N–H and O–H groups in total. The van der Waals surface area contributed by atoms with Gasteiger partial charge in [-0.25, -0.2) is 4.90 Å². The summed E-state index contributed by atoms with van der Waals surface area (Å²) < 4.78 is 16.7. The van der Waals surface area contributed by atoms with Crippen LogP contribution in [-0.4, -0.2) is 61.5 Å². The van der Waals surface area contributed by atoms with Crippen molar-refractivity contribution in [3.05, 3.63) is 58.0 Å². The minimum absolute atomic E-state index is 0.113. The van der Waals surface area contributed by atoms with Gasteiger partial charge in [-0.3, -0.25) is 14.4 Å². The van der Waals surface area contributed by atoms with E-state index in [1.165, 1.54) is 0 Å². The summed E-state index contributed by atoms with van der Waals surface area (Å²) >= 11 is 6.86. The van der Waals surface area contributed by atoms with Gasteiger partial charge in [0, 0.05) is 18.1 Å². The van der Waals surface area contributed by atoms with Gasteiger partial charge in [-0.1, -0.05) is 23.7 Å². The molecular weight excluding hydrogens is 480 g/mol. The normalized spacial score (nSPS) is 17.4. The first-order chi connectivity index (χ1) is 16.5. The molecule has 2 aromatic rings. The standard InChI is InChI=1S/C24H23ClN2O6S/c1-2-32-20-12-16(6-7-19(20)33-15-22(28)26-8-10-31-11-9-26)13-21-23(29)27(24(30)34-21)18-5-3-4-17(25)14-18/h3-7,12-14H,2,8-11,15H2,1H3/b21-13+. The van der Waals surface area contributed by atoms with E-state index < -0.39 is 11.1 Å². The monoisotopic (exact) mass is 502 g/mol. The summed E-state index contributed by atoms with van der Waals surface area (Å²) in [5.41, 5.74) is 1.08. The lowest BCUT2D eigenvalue weighted by molar-refractivity contribution is -0.137. The Hall–Kier alpha value is -3.01. The van der Waals surface area contributed by atoms with Crippen molar-refractivity contribution in [3.63, 3.8) is 0 Å². The number of benzene rings is 2. The van der Waals surface area contributed by atoms with E-state index in [9.17, 15) is 14.4 Å². The third kappa shape index (κ3) is 5.55. The summed E-state index contributed by atoms with van der Waals surface area (Å²) in [7, 11) is 0. The zero-order chi connectivity index (χ0) is 24.1. The molecule has 2 saturated heterocycles. The van der Waals surface area contributed by atoms with Gasteiger partial charge in [0.1, 0.15) is 0 Å². The van der Waals surface area contributed by atoms with Gasteiger partial charge in [-0.2, -0.15) is 0 Å². The van der Waals surface area contributed by atoms with Crippen LogP contribution in [0.1, 0.15) is 12.5 Å². The number of hydrogen-bond donors (Lipinski definition) is 0. The smallest absolute Gasteiger partial charge is 0.298 e. The van der Waals surface area contributed by atoms with E-state index in [-0.39, 0.29) is 17.4 Å². The van der Waals surface area contributed by atoms with Gasteiger partial charge in [0.15, 0.2) is 18.1 Å². The van der Waals surface area contributed by atoms with Crippen molar-refractivity contribution in [1.82, 2.24) is 4.90 Å². The topological polar surface area (TPSA) is 85.4 Å². The Bertz CT molecular complexity index is 1130. The number of rotatable bonds is 7. The Kier molecular flexibility index (Phi) is 7.77. The summed E-state index contributed by atoms with van der Waals surface area (Å²) in [6.45, 7) is 4.25. The molecule has 0 radical (unpaired) electrons. The fourth-order valence-electron chi connectivity index (χ4n) is 3.50. The molecule has 4 rings (SSSR count). The second-order valence-electron chi connectivity index (χ2n) is 7.42. The van der Waals surface area contributed by atoms with Gasteiger partial charge in [-0.15, -0.1) is 0 Å². The van der Waals surface area contributed by atoms with Gasteiger partial charge in [-0.05, 0) is 60.7 Å². The maximum absolute atomic E-state index is 12.9. The van der Waals surface area contributed by atoms with Crippen LogP contribution in [0.4, 0.5) is 10.5 Å². The highest BCUT2D eigenvalue weighted by molar-refractivity contribution is 8.19. The van der Waals surface area contributed by atoms with E-state index in [0.29, 0.717) is 60.7 Å². The molecular formula is C24H23ClN2O6S. The van der Waals surface area contributed by atoms with Crippen LogP contribution in [-0.2, 0) is 14.3 Å². The molecule has 2 aliphatic rings. The van der Waals surface area contributed by atoms with Gasteiger partial charge >= 0.3 is 0 Å². The first kappa shape index (κ1) is 24.1. The summed E-state index contributed by atoms with van der Waals surface area (Å²) in [5, 5.41) is 0.0368. The molecule has 2 aliphatic heterocycles. The van der Waals surface area contributed by atoms with Gasteiger partial charge in [0.05, 0.1) is 30.4 Å². The number of halogens is 1. The van der Waals surface area contributed by atoms with Crippen LogP contribution in [0, 0.1) is 0 Å². The van der Waals surface area contributed by atoms with Crippen molar-refractivity contribution in [3.8, 4) is 11.5 Å². The van der Waals surface area contributed by atoms with Crippen LogP contribution < -0.4 is 14.4 Å². The third-order valence-corrected chi connectivity index (χ3v) is 6.25. The van der Waals surface area contributed by atoms with E-state index in [1.807, 2.05) is 6.92 Å². The fraction of sp³-hybridized carbons (Fsp3) is 0.292. The molecule has 8 nitrogen and oxygen atoms in total. The molecule has 2 aromatic carbocycles. The molecule has 10 heteroatoms. The molecule has 0 spiro atoms. The van der Waals surface area contributed by atoms with Crippen molar-refractivity contribution >= 4 is 52.2 Å². The van der Waals surface area contributed by atoms with Crippen molar-refractivity contribution < 1.29 is 28.6 Å². The fourth-order valence-corrected chi connectivity index (χ4v) is 4.53. The second-order valence-corrected chi connectivity index (χ2v) is 8.85. The average molecular weight is 503 g/mol. The number of morpholine rings is 1. The molecule has 0 aromatic heterocycles. The second kappa shape index (κ2) is 10.9. The number of carbonyl (C=O) groups is 3. The first-order valence-corrected chi connectivity index (χ1v) is 11.9. The number of ether oxygens (including phenoxy) is 3. The number of carbonyl (C=O) groups excluding carboxylic acids is 3. The molecule has 0 bridgehead atoms. The van der Waals surface area contributed by atoms with Crippen molar-refractivity contribution in [2.75, 3.05) is 44.4 Å². The maximum Gasteiger partial charge on any atom is 0.298 e.